The van der Waals surface area contributed by atoms with Crippen LogP contribution in [0.15, 0.2) is 0 Å². The van der Waals surface area contributed by atoms with Gasteiger partial charge in [0.2, 0.25) is 5.91 Å². The van der Waals surface area contributed by atoms with Crippen molar-refractivity contribution in [2.24, 2.45) is 5.92 Å². The first-order valence-electron chi connectivity index (χ1n) is 6.68. The summed E-state index contributed by atoms with van der Waals surface area (Å²) in [6.07, 6.45) is 7.22. The largest absolute Gasteiger partial charge is 0.355 e. The highest BCUT2D eigenvalue weighted by Gasteiger charge is 2.16. The Bertz CT molecular complexity index is 198. The molecule has 1 aliphatic rings. The summed E-state index contributed by atoms with van der Waals surface area (Å²) in [6.45, 7) is 5.85. The summed E-state index contributed by atoms with van der Waals surface area (Å²) in [4.78, 5) is 11.6. The zero-order valence-electron chi connectivity index (χ0n) is 10.7. The average molecular weight is 226 g/mol. The van der Waals surface area contributed by atoms with Crippen molar-refractivity contribution in [2.45, 2.75) is 58.4 Å². The first-order chi connectivity index (χ1) is 7.68. The van der Waals surface area contributed by atoms with Crippen LogP contribution in [-0.2, 0) is 4.79 Å². The van der Waals surface area contributed by atoms with Crippen LogP contribution in [0, 0.1) is 5.92 Å². The summed E-state index contributed by atoms with van der Waals surface area (Å²) < 4.78 is 0. The van der Waals surface area contributed by atoms with Gasteiger partial charge in [0, 0.05) is 25.6 Å². The minimum Gasteiger partial charge on any atom is -0.355 e. The molecule has 3 nitrogen and oxygen atoms in total. The quantitative estimate of drug-likeness (QED) is 0.681. The first-order valence-corrected chi connectivity index (χ1v) is 6.68. The van der Waals surface area contributed by atoms with Crippen LogP contribution >= 0.6 is 0 Å². The lowest BCUT2D eigenvalue weighted by atomic mass is 9.87. The van der Waals surface area contributed by atoms with E-state index >= 15 is 0 Å². The van der Waals surface area contributed by atoms with Gasteiger partial charge >= 0.3 is 0 Å². The van der Waals surface area contributed by atoms with Crippen LogP contribution in [0.5, 0.6) is 0 Å². The number of nitrogens with one attached hydrogen (secondary N) is 2. The molecule has 0 atom stereocenters. The molecule has 1 fully saturated rings. The van der Waals surface area contributed by atoms with Gasteiger partial charge in [-0.15, -0.1) is 0 Å². The van der Waals surface area contributed by atoms with E-state index in [0.717, 1.165) is 19.5 Å². The SMILES string of the molecule is CC(C)NCCNC(=O)CC1CCCCC1. The van der Waals surface area contributed by atoms with Crippen LogP contribution in [0.1, 0.15) is 52.4 Å². The molecule has 2 N–H and O–H groups in total. The topological polar surface area (TPSA) is 41.1 Å². The van der Waals surface area contributed by atoms with E-state index < -0.39 is 0 Å². The van der Waals surface area contributed by atoms with Crippen molar-refractivity contribution in [1.29, 1.82) is 0 Å². The molecule has 0 spiro atoms. The molecule has 94 valence electrons. The molecule has 0 aromatic rings. The van der Waals surface area contributed by atoms with E-state index in [2.05, 4.69) is 24.5 Å². The third-order valence-electron chi connectivity index (χ3n) is 3.20. The maximum Gasteiger partial charge on any atom is 0.220 e. The molecule has 1 rings (SSSR count). The molecule has 0 heterocycles. The summed E-state index contributed by atoms with van der Waals surface area (Å²) in [5.41, 5.74) is 0. The molecular weight excluding hydrogens is 200 g/mol. The number of hydrogen-bond donors (Lipinski definition) is 2. The first kappa shape index (κ1) is 13.5. The van der Waals surface area contributed by atoms with Gasteiger partial charge in [-0.05, 0) is 18.8 Å². The Labute approximate surface area is 99.4 Å². The Balaban J connectivity index is 2.01. The predicted octanol–water partition coefficient (Wildman–Crippen LogP) is 2.07. The maximum absolute atomic E-state index is 11.6. The van der Waals surface area contributed by atoms with E-state index in [1.807, 2.05) is 0 Å². The fraction of sp³-hybridized carbons (Fsp3) is 0.923. The molecule has 0 radical (unpaired) electrons. The zero-order chi connectivity index (χ0) is 11.8. The van der Waals surface area contributed by atoms with Crippen LogP contribution < -0.4 is 10.6 Å². The molecule has 0 bridgehead atoms. The van der Waals surface area contributed by atoms with Crippen molar-refractivity contribution in [1.82, 2.24) is 10.6 Å². The van der Waals surface area contributed by atoms with Gasteiger partial charge in [-0.2, -0.15) is 0 Å². The van der Waals surface area contributed by atoms with E-state index in [4.69, 9.17) is 0 Å². The van der Waals surface area contributed by atoms with Crippen molar-refractivity contribution in [3.63, 3.8) is 0 Å². The van der Waals surface area contributed by atoms with Crippen molar-refractivity contribution < 1.29 is 4.79 Å². The maximum atomic E-state index is 11.6. The summed E-state index contributed by atoms with van der Waals surface area (Å²) in [5, 5.41) is 6.27. The van der Waals surface area contributed by atoms with Crippen molar-refractivity contribution in [2.75, 3.05) is 13.1 Å². The van der Waals surface area contributed by atoms with E-state index in [0.29, 0.717) is 12.0 Å². The molecule has 3 heteroatoms. The minimum atomic E-state index is 0.234. The van der Waals surface area contributed by atoms with Crippen LogP contribution in [0.25, 0.3) is 0 Å². The molecule has 0 saturated heterocycles. The fourth-order valence-electron chi connectivity index (χ4n) is 2.29. The molecule has 0 aromatic carbocycles. The second-order valence-electron chi connectivity index (χ2n) is 5.17. The predicted molar refractivity (Wildman–Crippen MR) is 67.3 cm³/mol. The molecule has 1 aliphatic carbocycles. The van der Waals surface area contributed by atoms with Gasteiger partial charge in [0.1, 0.15) is 0 Å². The van der Waals surface area contributed by atoms with Gasteiger partial charge in [0.25, 0.3) is 0 Å². The monoisotopic (exact) mass is 226 g/mol. The molecular formula is C13H26N2O. The second-order valence-corrected chi connectivity index (χ2v) is 5.17. The normalized spacial score (nSPS) is 17.7. The highest BCUT2D eigenvalue weighted by Crippen LogP contribution is 2.25. The Hall–Kier alpha value is -0.570. The van der Waals surface area contributed by atoms with Gasteiger partial charge < -0.3 is 10.6 Å². The highest BCUT2D eigenvalue weighted by molar-refractivity contribution is 5.76. The van der Waals surface area contributed by atoms with Crippen LogP contribution in [0.4, 0.5) is 0 Å². The third kappa shape index (κ3) is 6.11. The third-order valence-corrected chi connectivity index (χ3v) is 3.20. The standard InChI is InChI=1S/C13H26N2O/c1-11(2)14-8-9-15-13(16)10-12-6-4-3-5-7-12/h11-12,14H,3-10H2,1-2H3,(H,15,16). The van der Waals surface area contributed by atoms with Gasteiger partial charge in [0.15, 0.2) is 0 Å². The second kappa shape index (κ2) is 7.66. The Morgan fingerprint density at radius 3 is 2.50 bits per heavy atom. The number of amides is 1. The Kier molecular flexibility index (Phi) is 6.46. The lowest BCUT2D eigenvalue weighted by molar-refractivity contribution is -0.122. The zero-order valence-corrected chi connectivity index (χ0v) is 10.7. The van der Waals surface area contributed by atoms with Crippen molar-refractivity contribution in [3.05, 3.63) is 0 Å². The smallest absolute Gasteiger partial charge is 0.220 e. The summed E-state index contributed by atoms with van der Waals surface area (Å²) in [7, 11) is 0. The lowest BCUT2D eigenvalue weighted by Crippen LogP contribution is -2.35. The summed E-state index contributed by atoms with van der Waals surface area (Å²) >= 11 is 0. The molecule has 0 unspecified atom stereocenters. The van der Waals surface area contributed by atoms with Crippen LogP contribution in [0.3, 0.4) is 0 Å². The number of carbonyl (C=O) groups is 1. The van der Waals surface area contributed by atoms with Crippen LogP contribution in [0.2, 0.25) is 0 Å². The Morgan fingerprint density at radius 2 is 1.88 bits per heavy atom. The number of carbonyl (C=O) groups excluding carboxylic acids is 1. The molecule has 16 heavy (non-hydrogen) atoms. The van der Waals surface area contributed by atoms with Crippen molar-refractivity contribution in [3.8, 4) is 0 Å². The summed E-state index contributed by atoms with van der Waals surface area (Å²) in [5.74, 6) is 0.879. The van der Waals surface area contributed by atoms with E-state index in [1.54, 1.807) is 0 Å². The van der Waals surface area contributed by atoms with Gasteiger partial charge in [-0.3, -0.25) is 4.79 Å². The summed E-state index contributed by atoms with van der Waals surface area (Å²) in [6, 6.07) is 0.496. The van der Waals surface area contributed by atoms with E-state index in [1.165, 1.54) is 32.1 Å². The van der Waals surface area contributed by atoms with E-state index in [-0.39, 0.29) is 5.91 Å². The number of hydrogen-bond acceptors (Lipinski definition) is 2. The average Bonchev–Trinajstić information content (AvgIpc) is 2.25. The highest BCUT2D eigenvalue weighted by atomic mass is 16.1. The van der Waals surface area contributed by atoms with E-state index in [9.17, 15) is 4.79 Å². The van der Waals surface area contributed by atoms with Crippen molar-refractivity contribution >= 4 is 5.91 Å². The van der Waals surface area contributed by atoms with Gasteiger partial charge in [-0.25, -0.2) is 0 Å². The minimum absolute atomic E-state index is 0.234. The van der Waals surface area contributed by atoms with Gasteiger partial charge in [-0.1, -0.05) is 33.1 Å². The molecule has 0 aliphatic heterocycles. The molecule has 0 aromatic heterocycles. The fourth-order valence-corrected chi connectivity index (χ4v) is 2.29. The molecule has 1 saturated carbocycles. The molecule has 1 amide bonds. The lowest BCUT2D eigenvalue weighted by Gasteiger charge is -2.20. The van der Waals surface area contributed by atoms with Gasteiger partial charge in [0.05, 0.1) is 0 Å². The number of rotatable bonds is 6. The Morgan fingerprint density at radius 1 is 1.19 bits per heavy atom. The van der Waals surface area contributed by atoms with Crippen LogP contribution in [-0.4, -0.2) is 25.0 Å².